The average Bonchev–Trinajstić information content (AvgIpc) is 2.93. The van der Waals surface area contributed by atoms with Crippen LogP contribution in [0.3, 0.4) is 0 Å². The van der Waals surface area contributed by atoms with E-state index in [0.29, 0.717) is 17.5 Å². The molecule has 2 atom stereocenters. The van der Waals surface area contributed by atoms with Gasteiger partial charge in [-0.1, -0.05) is 48.5 Å². The molecule has 0 aromatic heterocycles. The summed E-state index contributed by atoms with van der Waals surface area (Å²) in [5, 5.41) is 9.46. The number of hydrogen-bond acceptors (Lipinski definition) is 3. The van der Waals surface area contributed by atoms with E-state index in [-0.39, 0.29) is 0 Å². The number of rotatable bonds is 5. The highest BCUT2D eigenvalue weighted by Crippen LogP contribution is 2.30. The number of hydrogen-bond donors (Lipinski definition) is 1. The zero-order valence-electron chi connectivity index (χ0n) is 15.1. The van der Waals surface area contributed by atoms with E-state index in [1.807, 2.05) is 18.2 Å². The van der Waals surface area contributed by atoms with Crippen molar-refractivity contribution in [3.63, 3.8) is 0 Å². The van der Waals surface area contributed by atoms with E-state index in [4.69, 9.17) is 0 Å². The molecule has 0 aliphatic carbocycles. The van der Waals surface area contributed by atoms with Crippen molar-refractivity contribution in [3.8, 4) is 0 Å². The maximum Gasteiger partial charge on any atom is 0.336 e. The topological polar surface area (TPSA) is 43.8 Å². The van der Waals surface area contributed by atoms with Crippen molar-refractivity contribution in [2.45, 2.75) is 32.0 Å². The minimum absolute atomic E-state index is 0.439. The normalized spacial score (nSPS) is 23.7. The molecule has 3 fully saturated rings. The Morgan fingerprint density at radius 1 is 0.923 bits per heavy atom. The van der Waals surface area contributed by atoms with Crippen LogP contribution in [0.2, 0.25) is 0 Å². The molecule has 1 N–H and O–H groups in total. The van der Waals surface area contributed by atoms with Gasteiger partial charge in [-0.25, -0.2) is 4.79 Å². The van der Waals surface area contributed by atoms with Crippen LogP contribution in [0.15, 0.2) is 54.6 Å². The SMILES string of the molecule is O=C(O)c1ccccc1CN1C[C@H]2CC[C@@H]1CN(Cc1ccccc1)C2. The van der Waals surface area contributed by atoms with Crippen molar-refractivity contribution in [3.05, 3.63) is 71.3 Å². The van der Waals surface area contributed by atoms with E-state index in [1.165, 1.54) is 18.4 Å². The molecule has 0 amide bonds. The summed E-state index contributed by atoms with van der Waals surface area (Å²) in [4.78, 5) is 16.6. The Hall–Kier alpha value is -2.17. The van der Waals surface area contributed by atoms with Gasteiger partial charge in [0.2, 0.25) is 0 Å². The van der Waals surface area contributed by atoms with E-state index in [0.717, 1.165) is 38.3 Å². The third-order valence-corrected chi connectivity index (χ3v) is 5.77. The van der Waals surface area contributed by atoms with Crippen LogP contribution in [0.4, 0.5) is 0 Å². The molecule has 4 heteroatoms. The van der Waals surface area contributed by atoms with Crippen molar-refractivity contribution >= 4 is 5.97 Å². The fourth-order valence-corrected chi connectivity index (χ4v) is 4.53. The summed E-state index contributed by atoms with van der Waals surface area (Å²) in [6.45, 7) is 5.03. The Bertz CT molecular complexity index is 762. The van der Waals surface area contributed by atoms with Gasteiger partial charge in [-0.05, 0) is 36.0 Å². The molecule has 3 heterocycles. The molecule has 4 nitrogen and oxygen atoms in total. The summed E-state index contributed by atoms with van der Waals surface area (Å²) >= 11 is 0. The largest absolute Gasteiger partial charge is 0.478 e. The number of piperidine rings is 1. The highest BCUT2D eigenvalue weighted by Gasteiger charge is 2.35. The Morgan fingerprint density at radius 3 is 2.50 bits per heavy atom. The van der Waals surface area contributed by atoms with Crippen molar-refractivity contribution in [1.29, 1.82) is 0 Å². The highest BCUT2D eigenvalue weighted by molar-refractivity contribution is 5.89. The van der Waals surface area contributed by atoms with Crippen LogP contribution in [-0.4, -0.2) is 46.6 Å². The van der Waals surface area contributed by atoms with Gasteiger partial charge in [-0.15, -0.1) is 0 Å². The quantitative estimate of drug-likeness (QED) is 0.897. The first-order chi connectivity index (χ1) is 12.7. The van der Waals surface area contributed by atoms with E-state index < -0.39 is 5.97 Å². The Balaban J connectivity index is 1.48. The zero-order chi connectivity index (χ0) is 17.9. The molecule has 3 aliphatic rings. The van der Waals surface area contributed by atoms with Crippen molar-refractivity contribution in [2.75, 3.05) is 19.6 Å². The van der Waals surface area contributed by atoms with E-state index in [1.54, 1.807) is 6.07 Å². The van der Waals surface area contributed by atoms with E-state index >= 15 is 0 Å². The smallest absolute Gasteiger partial charge is 0.336 e. The molecular formula is C22H26N2O2. The van der Waals surface area contributed by atoms with E-state index in [9.17, 15) is 9.90 Å². The first-order valence-electron chi connectivity index (χ1n) is 9.50. The molecule has 2 bridgehead atoms. The monoisotopic (exact) mass is 350 g/mol. The van der Waals surface area contributed by atoms with Crippen molar-refractivity contribution in [1.82, 2.24) is 9.80 Å². The van der Waals surface area contributed by atoms with Gasteiger partial charge in [-0.3, -0.25) is 9.80 Å². The van der Waals surface area contributed by atoms with Crippen LogP contribution in [0.5, 0.6) is 0 Å². The second-order valence-electron chi connectivity index (χ2n) is 7.67. The lowest BCUT2D eigenvalue weighted by molar-refractivity contribution is 0.0691. The Labute approximate surface area is 155 Å². The van der Waals surface area contributed by atoms with Crippen molar-refractivity contribution in [2.24, 2.45) is 5.92 Å². The molecule has 3 saturated heterocycles. The fourth-order valence-electron chi connectivity index (χ4n) is 4.53. The molecule has 5 rings (SSSR count). The number of fused-ring (bicyclic) bond motifs is 4. The summed E-state index contributed by atoms with van der Waals surface area (Å²) in [6, 6.07) is 18.6. The summed E-state index contributed by atoms with van der Waals surface area (Å²) in [5.74, 6) is -0.152. The number of carbonyl (C=O) groups is 1. The van der Waals surface area contributed by atoms with Gasteiger partial charge in [0.05, 0.1) is 5.56 Å². The highest BCUT2D eigenvalue weighted by atomic mass is 16.4. The molecule has 0 saturated carbocycles. The molecular weight excluding hydrogens is 324 g/mol. The van der Waals surface area contributed by atoms with Gasteiger partial charge in [0.1, 0.15) is 0 Å². The molecule has 26 heavy (non-hydrogen) atoms. The van der Waals surface area contributed by atoms with Gasteiger partial charge < -0.3 is 5.11 Å². The predicted molar refractivity (Wildman–Crippen MR) is 102 cm³/mol. The molecule has 3 aliphatic heterocycles. The summed E-state index contributed by atoms with van der Waals surface area (Å²) in [5.41, 5.74) is 2.74. The van der Waals surface area contributed by atoms with Gasteiger partial charge in [0.25, 0.3) is 0 Å². The Kier molecular flexibility index (Phi) is 5.05. The number of benzene rings is 2. The first kappa shape index (κ1) is 17.3. The lowest BCUT2D eigenvalue weighted by atomic mass is 9.94. The van der Waals surface area contributed by atoms with Crippen LogP contribution >= 0.6 is 0 Å². The van der Waals surface area contributed by atoms with Crippen LogP contribution < -0.4 is 0 Å². The maximum absolute atomic E-state index is 11.5. The Morgan fingerprint density at radius 2 is 1.69 bits per heavy atom. The first-order valence-corrected chi connectivity index (χ1v) is 9.50. The standard InChI is InChI=1S/C22H26N2O2/c25-22(26)21-9-5-4-8-19(21)15-24-14-18-10-11-20(24)16-23(13-18)12-17-6-2-1-3-7-17/h1-9,18,20H,10-16H2,(H,25,26)/t18-,20+/m0/s1. The maximum atomic E-state index is 11.5. The second kappa shape index (κ2) is 7.60. The predicted octanol–water partition coefficient (Wildman–Crippen LogP) is 3.48. The zero-order valence-corrected chi connectivity index (χ0v) is 15.1. The molecule has 2 aromatic carbocycles. The van der Waals surface area contributed by atoms with Gasteiger partial charge in [-0.2, -0.15) is 0 Å². The minimum atomic E-state index is -0.828. The lowest BCUT2D eigenvalue weighted by Gasteiger charge is -2.36. The number of carboxylic acids is 1. The third kappa shape index (κ3) is 3.81. The van der Waals surface area contributed by atoms with E-state index in [2.05, 4.69) is 40.1 Å². The summed E-state index contributed by atoms with van der Waals surface area (Å²) in [6.07, 6.45) is 2.50. The summed E-state index contributed by atoms with van der Waals surface area (Å²) < 4.78 is 0. The molecule has 0 radical (unpaired) electrons. The van der Waals surface area contributed by atoms with Crippen LogP contribution in [0.1, 0.15) is 34.3 Å². The second-order valence-corrected chi connectivity index (χ2v) is 7.67. The minimum Gasteiger partial charge on any atom is -0.478 e. The fraction of sp³-hybridized carbons (Fsp3) is 0.409. The molecule has 0 unspecified atom stereocenters. The lowest BCUT2D eigenvalue weighted by Crippen LogP contribution is -2.43. The average molecular weight is 350 g/mol. The number of aromatic carboxylic acids is 1. The molecule has 0 spiro atoms. The third-order valence-electron chi connectivity index (χ3n) is 5.77. The van der Waals surface area contributed by atoms with Gasteiger partial charge in [0, 0.05) is 38.8 Å². The van der Waals surface area contributed by atoms with Crippen LogP contribution in [-0.2, 0) is 13.1 Å². The van der Waals surface area contributed by atoms with Gasteiger partial charge in [0.15, 0.2) is 0 Å². The number of carboxylic acid groups (broad SMARTS) is 1. The summed E-state index contributed by atoms with van der Waals surface area (Å²) in [7, 11) is 0. The van der Waals surface area contributed by atoms with Crippen LogP contribution in [0.25, 0.3) is 0 Å². The molecule has 136 valence electrons. The van der Waals surface area contributed by atoms with Gasteiger partial charge >= 0.3 is 5.97 Å². The molecule has 2 aromatic rings. The van der Waals surface area contributed by atoms with Crippen molar-refractivity contribution < 1.29 is 9.90 Å². The van der Waals surface area contributed by atoms with Crippen LogP contribution in [0, 0.1) is 5.92 Å². The number of nitrogens with zero attached hydrogens (tertiary/aromatic N) is 2.